The van der Waals surface area contributed by atoms with Crippen LogP contribution >= 0.6 is 0 Å². The van der Waals surface area contributed by atoms with Crippen molar-refractivity contribution in [3.8, 4) is 11.5 Å². The molecule has 1 fully saturated rings. The zero-order valence-electron chi connectivity index (χ0n) is 18.8. The minimum atomic E-state index is -0.504. The number of nitrogens with zero attached hydrogens (tertiary/aromatic N) is 5. The van der Waals surface area contributed by atoms with Crippen molar-refractivity contribution >= 4 is 10.9 Å². The minimum Gasteiger partial charge on any atom is -0.486 e. The Morgan fingerprint density at radius 1 is 1.00 bits per heavy atom. The third-order valence-corrected chi connectivity index (χ3v) is 6.29. The van der Waals surface area contributed by atoms with E-state index in [4.69, 9.17) is 14.2 Å². The molecule has 0 saturated carbocycles. The second-order valence-electron chi connectivity index (χ2n) is 8.51. The summed E-state index contributed by atoms with van der Waals surface area (Å²) in [4.78, 5) is 18.5. The van der Waals surface area contributed by atoms with E-state index in [0.717, 1.165) is 10.9 Å². The zero-order valence-corrected chi connectivity index (χ0v) is 18.8. The number of halogens is 1. The number of ether oxygens (including phenoxy) is 3. The molecule has 0 unspecified atom stereocenters. The number of nitrogens with one attached hydrogen (secondary N) is 1. The van der Waals surface area contributed by atoms with Crippen LogP contribution in [0.15, 0.2) is 47.3 Å². The summed E-state index contributed by atoms with van der Waals surface area (Å²) < 4.78 is 32.0. The first-order valence-electron chi connectivity index (χ1n) is 11.4. The third-order valence-electron chi connectivity index (χ3n) is 6.29. The highest BCUT2D eigenvalue weighted by Crippen LogP contribution is 2.35. The quantitative estimate of drug-likeness (QED) is 0.464. The van der Waals surface area contributed by atoms with Crippen LogP contribution in [0.4, 0.5) is 4.39 Å². The maximum atomic E-state index is 13.4. The summed E-state index contributed by atoms with van der Waals surface area (Å²) >= 11 is 0. The fourth-order valence-corrected chi connectivity index (χ4v) is 4.58. The number of aromatic nitrogens is 5. The Morgan fingerprint density at radius 3 is 2.51 bits per heavy atom. The number of morpholine rings is 1. The van der Waals surface area contributed by atoms with Crippen LogP contribution in [0.3, 0.4) is 0 Å². The van der Waals surface area contributed by atoms with E-state index in [9.17, 15) is 9.18 Å². The molecule has 11 heteroatoms. The molecule has 0 spiro atoms. The summed E-state index contributed by atoms with van der Waals surface area (Å²) in [5, 5.41) is 13.2. The molecule has 4 heterocycles. The number of tetrazole rings is 1. The first kappa shape index (κ1) is 21.7. The Hall–Kier alpha value is -3.83. The Bertz CT molecular complexity index is 1410. The van der Waals surface area contributed by atoms with Crippen molar-refractivity contribution in [2.24, 2.45) is 0 Å². The summed E-state index contributed by atoms with van der Waals surface area (Å²) in [5.41, 5.74) is 1.79. The first-order chi connectivity index (χ1) is 17.2. The molecule has 0 radical (unpaired) electrons. The molecular weight excluding hydrogens is 455 g/mol. The van der Waals surface area contributed by atoms with Gasteiger partial charge < -0.3 is 19.2 Å². The molecule has 0 aliphatic carbocycles. The van der Waals surface area contributed by atoms with E-state index in [1.165, 1.54) is 12.1 Å². The van der Waals surface area contributed by atoms with Gasteiger partial charge in [0.15, 0.2) is 17.3 Å². The van der Waals surface area contributed by atoms with Gasteiger partial charge in [-0.2, -0.15) is 0 Å². The van der Waals surface area contributed by atoms with E-state index >= 15 is 0 Å². The van der Waals surface area contributed by atoms with Crippen molar-refractivity contribution in [1.82, 2.24) is 30.1 Å². The second-order valence-corrected chi connectivity index (χ2v) is 8.51. The average molecular weight is 478 g/mol. The van der Waals surface area contributed by atoms with Gasteiger partial charge in [-0.1, -0.05) is 12.1 Å². The molecule has 180 valence electrons. The van der Waals surface area contributed by atoms with Crippen LogP contribution in [0.2, 0.25) is 0 Å². The van der Waals surface area contributed by atoms with Crippen molar-refractivity contribution < 1.29 is 18.6 Å². The molecule has 2 aliphatic rings. The number of H-pyrrole nitrogens is 1. The van der Waals surface area contributed by atoms with Crippen molar-refractivity contribution in [2.45, 2.75) is 12.6 Å². The third kappa shape index (κ3) is 4.24. The van der Waals surface area contributed by atoms with Gasteiger partial charge in [0.25, 0.3) is 5.56 Å². The summed E-state index contributed by atoms with van der Waals surface area (Å²) in [6.45, 7) is 3.60. The Balaban J connectivity index is 1.45. The molecule has 1 saturated heterocycles. The monoisotopic (exact) mass is 478 g/mol. The predicted molar refractivity (Wildman–Crippen MR) is 123 cm³/mol. The number of aromatic amines is 1. The fraction of sp³-hybridized carbons (Fsp3) is 0.333. The van der Waals surface area contributed by atoms with Gasteiger partial charge in [-0.3, -0.25) is 9.69 Å². The molecule has 1 N–H and O–H groups in total. The molecule has 2 aromatic heterocycles. The number of hydrogen-bond acceptors (Lipinski definition) is 8. The number of hydrogen-bond donors (Lipinski definition) is 1. The predicted octanol–water partition coefficient (Wildman–Crippen LogP) is 1.89. The number of pyridine rings is 1. The molecule has 35 heavy (non-hydrogen) atoms. The number of rotatable bonds is 5. The highest BCUT2D eigenvalue weighted by atomic mass is 19.1. The van der Waals surface area contributed by atoms with Gasteiger partial charge in [-0.05, 0) is 40.3 Å². The van der Waals surface area contributed by atoms with Crippen molar-refractivity contribution in [3.63, 3.8) is 0 Å². The molecule has 0 amide bonds. The smallest absolute Gasteiger partial charge is 0.253 e. The van der Waals surface area contributed by atoms with Gasteiger partial charge in [-0.25, -0.2) is 9.07 Å². The van der Waals surface area contributed by atoms with E-state index in [0.29, 0.717) is 74.5 Å². The summed E-state index contributed by atoms with van der Waals surface area (Å²) in [7, 11) is 0. The standard InChI is InChI=1S/C24H23FN6O4/c25-17-3-1-15(2-4-17)14-31-23(27-28-29-31)22(30-5-7-33-8-6-30)18-11-16-12-20-21(35-10-9-34-20)13-19(16)26-24(18)32/h1-4,11-13,22H,5-10,14H2,(H,26,32)/t22-/m0/s1. The van der Waals surface area contributed by atoms with Crippen LogP contribution in [0.25, 0.3) is 10.9 Å². The molecule has 6 rings (SSSR count). The molecule has 4 aromatic rings. The van der Waals surface area contributed by atoms with Crippen molar-refractivity contribution in [2.75, 3.05) is 39.5 Å². The lowest BCUT2D eigenvalue weighted by Crippen LogP contribution is -2.42. The SMILES string of the molecule is O=c1[nH]c2cc3c(cc2cc1[C@@H](c1nnnn1Cc1ccc(F)cc1)N1CCOCC1)OCCO3. The summed E-state index contributed by atoms with van der Waals surface area (Å²) in [5.74, 6) is 1.47. The maximum Gasteiger partial charge on any atom is 0.253 e. The van der Waals surface area contributed by atoms with Crippen LogP contribution in [0.5, 0.6) is 11.5 Å². The van der Waals surface area contributed by atoms with Gasteiger partial charge in [0.05, 0.1) is 25.3 Å². The Kier molecular flexibility index (Phi) is 5.63. The highest BCUT2D eigenvalue weighted by molar-refractivity contribution is 5.83. The van der Waals surface area contributed by atoms with Crippen LogP contribution < -0.4 is 15.0 Å². The maximum absolute atomic E-state index is 13.4. The minimum absolute atomic E-state index is 0.234. The lowest BCUT2D eigenvalue weighted by Gasteiger charge is -2.33. The average Bonchev–Trinajstić information content (AvgIpc) is 3.33. The van der Waals surface area contributed by atoms with Gasteiger partial charge in [0, 0.05) is 30.1 Å². The van der Waals surface area contributed by atoms with Crippen LogP contribution in [-0.4, -0.2) is 69.6 Å². The summed E-state index contributed by atoms with van der Waals surface area (Å²) in [6, 6.07) is 11.2. The summed E-state index contributed by atoms with van der Waals surface area (Å²) in [6.07, 6.45) is 0. The van der Waals surface area contributed by atoms with Gasteiger partial charge in [-0.15, -0.1) is 5.10 Å². The van der Waals surface area contributed by atoms with Gasteiger partial charge in [0.2, 0.25) is 0 Å². The number of benzene rings is 2. The topological polar surface area (TPSA) is 107 Å². The van der Waals surface area contributed by atoms with E-state index in [2.05, 4.69) is 25.4 Å². The van der Waals surface area contributed by atoms with E-state index < -0.39 is 6.04 Å². The second kappa shape index (κ2) is 9.08. The van der Waals surface area contributed by atoms with Gasteiger partial charge >= 0.3 is 0 Å². The van der Waals surface area contributed by atoms with Crippen molar-refractivity contribution in [1.29, 1.82) is 0 Å². The fourth-order valence-electron chi connectivity index (χ4n) is 4.58. The Morgan fingerprint density at radius 2 is 1.74 bits per heavy atom. The van der Waals surface area contributed by atoms with Crippen molar-refractivity contribution in [3.05, 3.63) is 75.6 Å². The highest BCUT2D eigenvalue weighted by Gasteiger charge is 2.32. The molecule has 1 atom stereocenters. The van der Waals surface area contributed by atoms with E-state index in [1.807, 2.05) is 12.1 Å². The molecule has 10 nitrogen and oxygen atoms in total. The Labute approximate surface area is 199 Å². The lowest BCUT2D eigenvalue weighted by atomic mass is 10.0. The van der Waals surface area contributed by atoms with Gasteiger partial charge in [0.1, 0.15) is 25.1 Å². The lowest BCUT2D eigenvalue weighted by molar-refractivity contribution is 0.0214. The molecule has 0 bridgehead atoms. The largest absolute Gasteiger partial charge is 0.486 e. The molecular formula is C24H23FN6O4. The first-order valence-corrected chi connectivity index (χ1v) is 11.4. The van der Waals surface area contributed by atoms with Crippen LogP contribution in [0.1, 0.15) is 23.0 Å². The number of fused-ring (bicyclic) bond motifs is 2. The zero-order chi connectivity index (χ0) is 23.8. The molecule has 2 aliphatic heterocycles. The normalized spacial score (nSPS) is 16.9. The van der Waals surface area contributed by atoms with Crippen LogP contribution in [0, 0.1) is 5.82 Å². The van der Waals surface area contributed by atoms with Crippen LogP contribution in [-0.2, 0) is 11.3 Å². The van der Waals surface area contributed by atoms with E-state index in [1.54, 1.807) is 22.9 Å². The van der Waals surface area contributed by atoms with E-state index in [-0.39, 0.29) is 11.4 Å². The molecule has 2 aromatic carbocycles.